The number of methoxy groups -OCH3 is 2. The number of ether oxygens (including phenoxy) is 2. The Morgan fingerprint density at radius 2 is 1.81 bits per heavy atom. The van der Waals surface area contributed by atoms with Gasteiger partial charge in [0, 0.05) is 23.9 Å². The number of aliphatic hydroxyl groups is 1. The average Bonchev–Trinajstić information content (AvgIpc) is 2.60. The maximum atomic E-state index is 13.1. The van der Waals surface area contributed by atoms with Crippen molar-refractivity contribution < 1.29 is 27.8 Å². The lowest BCUT2D eigenvalue weighted by Gasteiger charge is -2.15. The lowest BCUT2D eigenvalue weighted by atomic mass is 10.2. The Balaban J connectivity index is 2.37. The predicted octanol–water partition coefficient (Wildman–Crippen LogP) is 3.05. The van der Waals surface area contributed by atoms with Gasteiger partial charge in [-0.3, -0.25) is 0 Å². The molecule has 1 aromatic heterocycles. The number of aliphatic hydroxyl groups excluding tert-OH is 1. The molecule has 0 aliphatic carbocycles. The van der Waals surface area contributed by atoms with Crippen molar-refractivity contribution in [3.63, 3.8) is 0 Å². The Morgan fingerprint density at radius 1 is 1.12 bits per heavy atom. The molecule has 2 rings (SSSR count). The maximum Gasteiger partial charge on any atom is 0.433 e. The van der Waals surface area contributed by atoms with E-state index in [0.717, 1.165) is 6.07 Å². The van der Waals surface area contributed by atoms with Crippen LogP contribution in [0.4, 0.5) is 30.6 Å². The fraction of sp³-hybridized carbons (Fsp3) is 0.375. The zero-order chi connectivity index (χ0) is 19.3. The van der Waals surface area contributed by atoms with E-state index < -0.39 is 17.9 Å². The van der Waals surface area contributed by atoms with Crippen LogP contribution < -0.4 is 20.1 Å². The molecule has 2 aromatic rings. The minimum Gasteiger partial charge on any atom is -0.493 e. The third-order valence-corrected chi connectivity index (χ3v) is 3.32. The molecule has 1 aromatic carbocycles. The minimum atomic E-state index is -4.64. The van der Waals surface area contributed by atoms with Crippen LogP contribution in [0.2, 0.25) is 0 Å². The van der Waals surface area contributed by atoms with Crippen LogP contribution in [-0.4, -0.2) is 41.9 Å². The van der Waals surface area contributed by atoms with Crippen LogP contribution in [0.25, 0.3) is 0 Å². The van der Waals surface area contributed by atoms with Gasteiger partial charge in [0.25, 0.3) is 0 Å². The summed E-state index contributed by atoms with van der Waals surface area (Å²) in [6.07, 6.45) is -4.64. The SMILES string of the molecule is COc1ccc(Nc2cc(C(F)(F)F)nc(N[C@H](C)CO)n2)cc1OC. The molecular weight excluding hydrogens is 353 g/mol. The van der Waals surface area contributed by atoms with Gasteiger partial charge in [-0.05, 0) is 19.1 Å². The normalized spacial score (nSPS) is 12.4. The van der Waals surface area contributed by atoms with Gasteiger partial charge < -0.3 is 25.2 Å². The number of nitrogens with one attached hydrogen (secondary N) is 2. The quantitative estimate of drug-likeness (QED) is 0.688. The minimum absolute atomic E-state index is 0.0628. The van der Waals surface area contributed by atoms with Gasteiger partial charge in [0.05, 0.1) is 20.8 Å². The second kappa shape index (κ2) is 8.09. The first-order valence-corrected chi connectivity index (χ1v) is 7.59. The number of alkyl halides is 3. The van der Waals surface area contributed by atoms with Crippen LogP contribution in [0, 0.1) is 0 Å². The summed E-state index contributed by atoms with van der Waals surface area (Å²) in [4.78, 5) is 7.46. The number of halogens is 3. The average molecular weight is 372 g/mol. The van der Waals surface area contributed by atoms with Crippen molar-refractivity contribution in [2.45, 2.75) is 19.1 Å². The third-order valence-electron chi connectivity index (χ3n) is 3.32. The highest BCUT2D eigenvalue weighted by Crippen LogP contribution is 2.33. The van der Waals surface area contributed by atoms with E-state index in [2.05, 4.69) is 20.6 Å². The largest absolute Gasteiger partial charge is 0.493 e. The van der Waals surface area contributed by atoms with Crippen molar-refractivity contribution in [3.8, 4) is 11.5 Å². The molecule has 0 spiro atoms. The van der Waals surface area contributed by atoms with Gasteiger partial charge in [-0.1, -0.05) is 0 Å². The van der Waals surface area contributed by atoms with Crippen molar-refractivity contribution >= 4 is 17.5 Å². The van der Waals surface area contributed by atoms with Crippen molar-refractivity contribution in [2.75, 3.05) is 31.5 Å². The fourth-order valence-electron chi connectivity index (χ4n) is 2.05. The van der Waals surface area contributed by atoms with Crippen molar-refractivity contribution in [2.24, 2.45) is 0 Å². The van der Waals surface area contributed by atoms with Crippen LogP contribution in [0.15, 0.2) is 24.3 Å². The molecule has 0 amide bonds. The number of nitrogens with zero attached hydrogens (tertiary/aromatic N) is 2. The zero-order valence-electron chi connectivity index (χ0n) is 14.4. The van der Waals surface area contributed by atoms with Gasteiger partial charge in [0.1, 0.15) is 5.82 Å². The van der Waals surface area contributed by atoms with Gasteiger partial charge >= 0.3 is 6.18 Å². The van der Waals surface area contributed by atoms with Crippen LogP contribution in [0.5, 0.6) is 11.5 Å². The summed E-state index contributed by atoms with van der Waals surface area (Å²) in [7, 11) is 2.93. The summed E-state index contributed by atoms with van der Waals surface area (Å²) >= 11 is 0. The molecule has 10 heteroatoms. The molecule has 0 aliphatic heterocycles. The number of benzene rings is 1. The van der Waals surface area contributed by atoms with Crippen molar-refractivity contribution in [3.05, 3.63) is 30.0 Å². The fourth-order valence-corrected chi connectivity index (χ4v) is 2.05. The molecule has 0 bridgehead atoms. The van der Waals surface area contributed by atoms with E-state index in [1.807, 2.05) is 0 Å². The Kier molecular flexibility index (Phi) is 6.09. The van der Waals surface area contributed by atoms with Gasteiger partial charge in [-0.2, -0.15) is 18.2 Å². The van der Waals surface area contributed by atoms with E-state index in [9.17, 15) is 13.2 Å². The highest BCUT2D eigenvalue weighted by molar-refractivity contribution is 5.62. The van der Waals surface area contributed by atoms with Gasteiger partial charge in [0.2, 0.25) is 5.95 Å². The van der Waals surface area contributed by atoms with Crippen molar-refractivity contribution in [1.29, 1.82) is 0 Å². The van der Waals surface area contributed by atoms with Crippen LogP contribution in [0.1, 0.15) is 12.6 Å². The van der Waals surface area contributed by atoms with Crippen LogP contribution >= 0.6 is 0 Å². The van der Waals surface area contributed by atoms with Gasteiger partial charge in [0.15, 0.2) is 17.2 Å². The number of hydrogen-bond acceptors (Lipinski definition) is 7. The first kappa shape index (κ1) is 19.6. The zero-order valence-corrected chi connectivity index (χ0v) is 14.4. The molecule has 26 heavy (non-hydrogen) atoms. The lowest BCUT2D eigenvalue weighted by molar-refractivity contribution is -0.141. The van der Waals surface area contributed by atoms with Crippen molar-refractivity contribution in [1.82, 2.24) is 9.97 Å². The van der Waals surface area contributed by atoms with Crippen LogP contribution in [-0.2, 0) is 6.18 Å². The second-order valence-electron chi connectivity index (χ2n) is 5.38. The first-order valence-electron chi connectivity index (χ1n) is 7.59. The smallest absolute Gasteiger partial charge is 0.433 e. The van der Waals surface area contributed by atoms with E-state index in [1.54, 1.807) is 25.1 Å². The number of anilines is 3. The monoisotopic (exact) mass is 372 g/mol. The molecule has 7 nitrogen and oxygen atoms in total. The molecule has 0 fully saturated rings. The standard InChI is InChI=1S/C16H19F3N4O3/c1-9(8-24)20-15-22-13(16(17,18)19)7-14(23-15)21-10-4-5-11(25-2)12(6-10)26-3/h4-7,9,24H,8H2,1-3H3,(H2,20,21,22,23)/t9-/m1/s1. The topological polar surface area (TPSA) is 88.5 Å². The summed E-state index contributed by atoms with van der Waals surface area (Å²) in [5.74, 6) is 0.585. The third kappa shape index (κ3) is 4.88. The Hall–Kier alpha value is -2.75. The summed E-state index contributed by atoms with van der Waals surface area (Å²) < 4.78 is 49.6. The summed E-state index contributed by atoms with van der Waals surface area (Å²) in [6.45, 7) is 1.31. The molecule has 0 aliphatic rings. The number of aromatic nitrogens is 2. The van der Waals surface area contributed by atoms with Gasteiger partial charge in [-0.25, -0.2) is 4.98 Å². The summed E-state index contributed by atoms with van der Waals surface area (Å²) in [5, 5.41) is 14.5. The molecule has 1 atom stereocenters. The summed E-state index contributed by atoms with van der Waals surface area (Å²) in [6, 6.07) is 5.08. The lowest BCUT2D eigenvalue weighted by Crippen LogP contribution is -2.22. The van der Waals surface area contributed by atoms with Gasteiger partial charge in [-0.15, -0.1) is 0 Å². The van der Waals surface area contributed by atoms with E-state index in [-0.39, 0.29) is 18.4 Å². The van der Waals surface area contributed by atoms with E-state index >= 15 is 0 Å². The Bertz CT molecular complexity index is 756. The Labute approximate surface area is 148 Å². The Morgan fingerprint density at radius 3 is 2.38 bits per heavy atom. The maximum absolute atomic E-state index is 13.1. The van der Waals surface area contributed by atoms with E-state index in [0.29, 0.717) is 17.2 Å². The molecule has 0 unspecified atom stereocenters. The molecule has 0 saturated carbocycles. The molecule has 1 heterocycles. The van der Waals surface area contributed by atoms with E-state index in [1.165, 1.54) is 14.2 Å². The molecule has 142 valence electrons. The molecule has 0 saturated heterocycles. The first-order chi connectivity index (χ1) is 12.3. The number of hydrogen-bond donors (Lipinski definition) is 3. The molecular formula is C16H19F3N4O3. The highest BCUT2D eigenvalue weighted by Gasteiger charge is 2.34. The summed E-state index contributed by atoms with van der Waals surface area (Å²) in [5.41, 5.74) is -0.654. The molecule has 0 radical (unpaired) electrons. The van der Waals surface area contributed by atoms with Crippen LogP contribution in [0.3, 0.4) is 0 Å². The van der Waals surface area contributed by atoms with E-state index in [4.69, 9.17) is 14.6 Å². The highest BCUT2D eigenvalue weighted by atomic mass is 19.4. The number of rotatable bonds is 7. The second-order valence-corrected chi connectivity index (χ2v) is 5.38. The predicted molar refractivity (Wildman–Crippen MR) is 90.0 cm³/mol. The molecule has 3 N–H and O–H groups in total.